The third-order valence-electron chi connectivity index (χ3n) is 6.66. The van der Waals surface area contributed by atoms with Gasteiger partial charge in [-0.15, -0.1) is 0 Å². The Morgan fingerprint density at radius 1 is 1.14 bits per heavy atom. The number of carbonyl (C=O) groups is 1. The summed E-state index contributed by atoms with van der Waals surface area (Å²) in [6.07, 6.45) is 7.91. The van der Waals surface area contributed by atoms with Crippen molar-refractivity contribution in [3.63, 3.8) is 0 Å². The Hall–Kier alpha value is -2.36. The average Bonchev–Trinajstić information content (AvgIpc) is 2.81. The molecule has 36 heavy (non-hydrogen) atoms. The maximum atomic E-state index is 13.4. The van der Waals surface area contributed by atoms with Crippen LogP contribution in [0.1, 0.15) is 77.2 Å². The van der Waals surface area contributed by atoms with Crippen molar-refractivity contribution in [2.75, 3.05) is 35.2 Å². The van der Waals surface area contributed by atoms with Crippen molar-refractivity contribution in [3.8, 4) is 0 Å². The molecule has 0 unspecified atom stereocenters. The van der Waals surface area contributed by atoms with Gasteiger partial charge >= 0.3 is 0 Å². The maximum absolute atomic E-state index is 13.4. The Morgan fingerprint density at radius 2 is 1.86 bits per heavy atom. The molecule has 1 saturated heterocycles. The highest BCUT2D eigenvalue weighted by Crippen LogP contribution is 2.45. The molecular weight excluding hydrogens is 472 g/mol. The van der Waals surface area contributed by atoms with E-state index >= 15 is 0 Å². The molecule has 2 heterocycles. The fraction of sp³-hybridized carbons (Fsp3) is 0.593. The van der Waals surface area contributed by atoms with Gasteiger partial charge in [0.25, 0.3) is 5.91 Å². The number of hydrogen-bond donors (Lipinski definition) is 4. The predicted molar refractivity (Wildman–Crippen MR) is 148 cm³/mol. The normalized spacial score (nSPS) is 17.6. The SMILES string of the molecule is CC(C)(C)NSc1cccc(NC(=O)c2ncc(NC(C)(C)CO)nc2N2CC3(CCCCC3)C2)c1. The van der Waals surface area contributed by atoms with Crippen LogP contribution in [0.15, 0.2) is 35.4 Å². The molecule has 4 N–H and O–H groups in total. The first-order valence-corrected chi connectivity index (χ1v) is 13.7. The summed E-state index contributed by atoms with van der Waals surface area (Å²) in [6, 6.07) is 7.78. The lowest BCUT2D eigenvalue weighted by atomic mass is 9.68. The smallest absolute Gasteiger partial charge is 0.278 e. The summed E-state index contributed by atoms with van der Waals surface area (Å²) in [6.45, 7) is 11.9. The molecule has 1 aliphatic carbocycles. The third kappa shape index (κ3) is 6.69. The minimum Gasteiger partial charge on any atom is -0.394 e. The summed E-state index contributed by atoms with van der Waals surface area (Å²) in [4.78, 5) is 26.0. The van der Waals surface area contributed by atoms with Gasteiger partial charge in [-0.3, -0.25) is 9.52 Å². The zero-order chi connectivity index (χ0) is 26.0. The highest BCUT2D eigenvalue weighted by Gasteiger charge is 2.45. The molecule has 8 nitrogen and oxygen atoms in total. The van der Waals surface area contributed by atoms with Gasteiger partial charge in [-0.1, -0.05) is 25.3 Å². The van der Waals surface area contributed by atoms with Crippen LogP contribution in [0.3, 0.4) is 0 Å². The minimum atomic E-state index is -0.547. The van der Waals surface area contributed by atoms with E-state index in [1.807, 2.05) is 38.1 Å². The van der Waals surface area contributed by atoms with Crippen LogP contribution in [-0.4, -0.2) is 51.8 Å². The molecular formula is C27H40N6O2S. The zero-order valence-electron chi connectivity index (χ0n) is 22.1. The number of aromatic nitrogens is 2. The number of carbonyl (C=O) groups excluding carboxylic acids is 1. The molecule has 1 spiro atoms. The lowest BCUT2D eigenvalue weighted by Gasteiger charge is -2.53. The van der Waals surface area contributed by atoms with E-state index in [0.717, 1.165) is 18.0 Å². The molecule has 1 amide bonds. The number of aliphatic hydroxyl groups is 1. The number of benzene rings is 1. The molecule has 0 radical (unpaired) electrons. The summed E-state index contributed by atoms with van der Waals surface area (Å²) in [5.74, 6) is 0.875. The predicted octanol–water partition coefficient (Wildman–Crippen LogP) is 5.08. The van der Waals surface area contributed by atoms with Crippen LogP contribution in [0, 0.1) is 5.41 Å². The van der Waals surface area contributed by atoms with E-state index in [9.17, 15) is 9.90 Å². The van der Waals surface area contributed by atoms with Crippen molar-refractivity contribution in [1.29, 1.82) is 0 Å². The monoisotopic (exact) mass is 512 g/mol. The Morgan fingerprint density at radius 3 is 2.53 bits per heavy atom. The first kappa shape index (κ1) is 26.7. The molecule has 2 fully saturated rings. The molecule has 0 bridgehead atoms. The molecule has 2 aliphatic rings. The van der Waals surface area contributed by atoms with E-state index in [4.69, 9.17) is 4.98 Å². The highest BCUT2D eigenvalue weighted by atomic mass is 32.2. The van der Waals surface area contributed by atoms with Crippen LogP contribution in [0.4, 0.5) is 17.3 Å². The summed E-state index contributed by atoms with van der Waals surface area (Å²) in [5, 5.41) is 15.9. The number of nitrogens with zero attached hydrogens (tertiary/aromatic N) is 3. The number of aliphatic hydroxyl groups excluding tert-OH is 1. The lowest BCUT2D eigenvalue weighted by molar-refractivity contribution is 0.101. The second-order valence-electron chi connectivity index (χ2n) is 11.9. The first-order valence-electron chi connectivity index (χ1n) is 12.8. The largest absolute Gasteiger partial charge is 0.394 e. The molecule has 1 aromatic carbocycles. The fourth-order valence-electron chi connectivity index (χ4n) is 4.78. The van der Waals surface area contributed by atoms with Gasteiger partial charge in [-0.2, -0.15) is 0 Å². The molecule has 0 atom stereocenters. The fourth-order valence-corrected chi connectivity index (χ4v) is 5.53. The van der Waals surface area contributed by atoms with Gasteiger partial charge in [-0.05, 0) is 77.6 Å². The Balaban J connectivity index is 1.54. The molecule has 9 heteroatoms. The van der Waals surface area contributed by atoms with Crippen LogP contribution in [0.5, 0.6) is 0 Å². The summed E-state index contributed by atoms with van der Waals surface area (Å²) in [7, 11) is 0. The van der Waals surface area contributed by atoms with Gasteiger partial charge in [0.2, 0.25) is 0 Å². The Labute approximate surface area is 219 Å². The zero-order valence-corrected chi connectivity index (χ0v) is 23.0. The van der Waals surface area contributed by atoms with Crippen LogP contribution < -0.4 is 20.3 Å². The highest BCUT2D eigenvalue weighted by molar-refractivity contribution is 7.97. The van der Waals surface area contributed by atoms with Gasteiger partial charge in [0.1, 0.15) is 5.82 Å². The van der Waals surface area contributed by atoms with Gasteiger partial charge in [-0.25, -0.2) is 9.97 Å². The summed E-state index contributed by atoms with van der Waals surface area (Å²) in [5.41, 5.74) is 0.798. The second-order valence-corrected chi connectivity index (χ2v) is 12.8. The van der Waals surface area contributed by atoms with E-state index in [2.05, 4.69) is 46.0 Å². The molecule has 1 aliphatic heterocycles. The van der Waals surface area contributed by atoms with E-state index in [1.165, 1.54) is 32.1 Å². The number of hydrogen-bond acceptors (Lipinski definition) is 8. The van der Waals surface area contributed by atoms with Crippen molar-refractivity contribution >= 4 is 35.2 Å². The topological polar surface area (TPSA) is 102 Å². The van der Waals surface area contributed by atoms with Crippen molar-refractivity contribution in [3.05, 3.63) is 36.2 Å². The maximum Gasteiger partial charge on any atom is 0.278 e. The number of amides is 1. The average molecular weight is 513 g/mol. The summed E-state index contributed by atoms with van der Waals surface area (Å²) < 4.78 is 3.40. The van der Waals surface area contributed by atoms with Crippen LogP contribution >= 0.6 is 11.9 Å². The van der Waals surface area contributed by atoms with Gasteiger partial charge in [0.15, 0.2) is 11.5 Å². The summed E-state index contributed by atoms with van der Waals surface area (Å²) >= 11 is 1.54. The first-order chi connectivity index (χ1) is 17.0. The number of rotatable bonds is 8. The standard InChI is InChI=1S/C27H40N6O2S/c1-25(2,3)32-36-20-11-9-10-19(14-20)29-24(35)22-23(30-21(15-28-22)31-26(4,5)18-34)33-16-27(17-33)12-7-6-8-13-27/h9-11,14-15,32,34H,6-8,12-13,16-18H2,1-5H3,(H,29,35)(H,30,31). The van der Waals surface area contributed by atoms with E-state index in [-0.39, 0.29) is 18.1 Å². The van der Waals surface area contributed by atoms with Crippen molar-refractivity contribution < 1.29 is 9.90 Å². The van der Waals surface area contributed by atoms with Crippen molar-refractivity contribution in [1.82, 2.24) is 14.7 Å². The second kappa shape index (κ2) is 10.6. The molecule has 4 rings (SSSR count). The Bertz CT molecular complexity index is 1070. The number of nitrogens with one attached hydrogen (secondary N) is 3. The number of anilines is 3. The molecule has 1 aromatic heterocycles. The van der Waals surface area contributed by atoms with Crippen LogP contribution in [0.25, 0.3) is 0 Å². The quantitative estimate of drug-likeness (QED) is 0.363. The van der Waals surface area contributed by atoms with Gasteiger partial charge in [0.05, 0.1) is 18.3 Å². The van der Waals surface area contributed by atoms with Crippen LogP contribution in [0.2, 0.25) is 0 Å². The molecule has 1 saturated carbocycles. The van der Waals surface area contributed by atoms with E-state index < -0.39 is 5.54 Å². The van der Waals surface area contributed by atoms with Gasteiger partial charge in [0, 0.05) is 34.6 Å². The van der Waals surface area contributed by atoms with Gasteiger partial charge < -0.3 is 20.6 Å². The van der Waals surface area contributed by atoms with Crippen molar-refractivity contribution in [2.45, 2.75) is 82.7 Å². The Kier molecular flexibility index (Phi) is 7.83. The lowest BCUT2D eigenvalue weighted by Crippen LogP contribution is -2.58. The third-order valence-corrected chi connectivity index (χ3v) is 7.87. The van der Waals surface area contributed by atoms with Crippen molar-refractivity contribution in [2.24, 2.45) is 5.41 Å². The van der Waals surface area contributed by atoms with E-state index in [1.54, 1.807) is 18.1 Å². The van der Waals surface area contributed by atoms with Crippen LogP contribution in [-0.2, 0) is 0 Å². The molecule has 2 aromatic rings. The molecule has 196 valence electrons. The van der Waals surface area contributed by atoms with E-state index in [0.29, 0.717) is 28.4 Å². The minimum absolute atomic E-state index is 0.0261.